The first kappa shape index (κ1) is 18.0. The van der Waals surface area contributed by atoms with Gasteiger partial charge in [0.25, 0.3) is 11.8 Å². The first-order valence-corrected chi connectivity index (χ1v) is 9.10. The monoisotopic (exact) mass is 352 g/mol. The highest BCUT2D eigenvalue weighted by atomic mass is 16.5. The van der Waals surface area contributed by atoms with Crippen LogP contribution in [-0.2, 0) is 4.79 Å². The van der Waals surface area contributed by atoms with Crippen LogP contribution in [0.2, 0.25) is 0 Å². The van der Waals surface area contributed by atoms with E-state index < -0.39 is 6.10 Å². The topological polar surface area (TPSA) is 58.6 Å². The number of rotatable bonds is 6. The molecule has 0 saturated carbocycles. The van der Waals surface area contributed by atoms with Crippen molar-refractivity contribution in [2.45, 2.75) is 32.3 Å². The van der Waals surface area contributed by atoms with Crippen molar-refractivity contribution in [3.05, 3.63) is 60.2 Å². The summed E-state index contributed by atoms with van der Waals surface area (Å²) in [6, 6.07) is 16.4. The van der Waals surface area contributed by atoms with Crippen LogP contribution in [0.5, 0.6) is 5.75 Å². The largest absolute Gasteiger partial charge is 0.481 e. The Balaban J connectivity index is 1.73. The Hall–Kier alpha value is -2.82. The molecule has 0 bridgehead atoms. The Kier molecular flexibility index (Phi) is 5.89. The van der Waals surface area contributed by atoms with E-state index in [4.69, 9.17) is 4.74 Å². The summed E-state index contributed by atoms with van der Waals surface area (Å²) < 4.78 is 5.79. The number of benzene rings is 2. The molecule has 0 aromatic heterocycles. The summed E-state index contributed by atoms with van der Waals surface area (Å²) in [5, 5.41) is 2.87. The molecule has 1 saturated heterocycles. The minimum Gasteiger partial charge on any atom is -0.481 e. The average molecular weight is 352 g/mol. The molecule has 5 heteroatoms. The lowest BCUT2D eigenvalue weighted by Crippen LogP contribution is -2.34. The van der Waals surface area contributed by atoms with Crippen molar-refractivity contribution in [1.29, 1.82) is 0 Å². The van der Waals surface area contributed by atoms with Crippen molar-refractivity contribution in [3.8, 4) is 5.75 Å². The number of para-hydroxylation sites is 2. The fourth-order valence-corrected chi connectivity index (χ4v) is 3.07. The number of amides is 2. The Morgan fingerprint density at radius 3 is 2.38 bits per heavy atom. The van der Waals surface area contributed by atoms with E-state index in [1.165, 1.54) is 0 Å². The number of likely N-dealkylation sites (tertiary alicyclic amines) is 1. The molecule has 5 nitrogen and oxygen atoms in total. The normalized spacial score (nSPS) is 14.7. The van der Waals surface area contributed by atoms with Gasteiger partial charge in [0.2, 0.25) is 0 Å². The van der Waals surface area contributed by atoms with Crippen LogP contribution >= 0.6 is 0 Å². The maximum absolute atomic E-state index is 12.7. The fraction of sp³-hybridized carbons (Fsp3) is 0.333. The molecule has 0 radical (unpaired) electrons. The number of nitrogens with zero attached hydrogens (tertiary/aromatic N) is 1. The molecule has 1 heterocycles. The quantitative estimate of drug-likeness (QED) is 0.862. The van der Waals surface area contributed by atoms with Gasteiger partial charge in [0.1, 0.15) is 5.75 Å². The molecule has 2 aromatic rings. The Labute approximate surface area is 154 Å². The number of ether oxygens (including phenoxy) is 1. The maximum Gasteiger partial charge on any atom is 0.265 e. The molecule has 1 aliphatic heterocycles. The molecule has 1 aliphatic rings. The first-order chi connectivity index (χ1) is 12.7. The van der Waals surface area contributed by atoms with E-state index in [1.54, 1.807) is 12.1 Å². The summed E-state index contributed by atoms with van der Waals surface area (Å²) in [6.07, 6.45) is 1.97. The molecule has 1 N–H and O–H groups in total. The highest BCUT2D eigenvalue weighted by molar-refractivity contribution is 6.04. The van der Waals surface area contributed by atoms with Crippen LogP contribution in [0.15, 0.2) is 54.6 Å². The van der Waals surface area contributed by atoms with Crippen LogP contribution in [0, 0.1) is 0 Å². The van der Waals surface area contributed by atoms with Crippen LogP contribution in [-0.4, -0.2) is 35.9 Å². The minimum absolute atomic E-state index is 0.0320. The zero-order chi connectivity index (χ0) is 18.4. The van der Waals surface area contributed by atoms with E-state index in [9.17, 15) is 9.59 Å². The highest BCUT2D eigenvalue weighted by Gasteiger charge is 2.24. The van der Waals surface area contributed by atoms with Crippen LogP contribution < -0.4 is 10.1 Å². The van der Waals surface area contributed by atoms with Gasteiger partial charge in [-0.1, -0.05) is 37.3 Å². The Morgan fingerprint density at radius 2 is 1.69 bits per heavy atom. The fourth-order valence-electron chi connectivity index (χ4n) is 3.07. The molecule has 2 amide bonds. The SMILES string of the molecule is CC[C@@H](Oc1ccccc1)C(=O)Nc1ccccc1C(=O)N1CCCC1. The van der Waals surface area contributed by atoms with Crippen molar-refractivity contribution in [3.63, 3.8) is 0 Å². The summed E-state index contributed by atoms with van der Waals surface area (Å²) in [5.41, 5.74) is 1.06. The summed E-state index contributed by atoms with van der Waals surface area (Å²) in [6.45, 7) is 3.44. The third kappa shape index (κ3) is 4.23. The predicted molar refractivity (Wildman–Crippen MR) is 101 cm³/mol. The van der Waals surface area contributed by atoms with Crippen molar-refractivity contribution in [2.24, 2.45) is 0 Å². The second-order valence-corrected chi connectivity index (χ2v) is 6.36. The van der Waals surface area contributed by atoms with Gasteiger partial charge in [0.05, 0.1) is 11.3 Å². The van der Waals surface area contributed by atoms with Gasteiger partial charge in [0.15, 0.2) is 6.10 Å². The van der Waals surface area contributed by atoms with Gasteiger partial charge in [-0.2, -0.15) is 0 Å². The van der Waals surface area contributed by atoms with E-state index in [0.717, 1.165) is 25.9 Å². The molecule has 26 heavy (non-hydrogen) atoms. The number of hydrogen-bond donors (Lipinski definition) is 1. The Morgan fingerprint density at radius 1 is 1.04 bits per heavy atom. The van der Waals surface area contributed by atoms with Gasteiger partial charge in [-0.3, -0.25) is 9.59 Å². The third-order valence-corrected chi connectivity index (χ3v) is 4.49. The van der Waals surface area contributed by atoms with E-state index in [1.807, 2.05) is 54.3 Å². The average Bonchev–Trinajstić information content (AvgIpc) is 3.21. The molecule has 0 spiro atoms. The lowest BCUT2D eigenvalue weighted by molar-refractivity contribution is -0.122. The van der Waals surface area contributed by atoms with Crippen molar-refractivity contribution < 1.29 is 14.3 Å². The van der Waals surface area contributed by atoms with E-state index in [-0.39, 0.29) is 11.8 Å². The maximum atomic E-state index is 12.7. The lowest BCUT2D eigenvalue weighted by atomic mass is 10.1. The lowest BCUT2D eigenvalue weighted by Gasteiger charge is -2.20. The molecule has 1 fully saturated rings. The molecule has 3 rings (SSSR count). The molecule has 136 valence electrons. The van der Waals surface area contributed by atoms with Crippen molar-refractivity contribution in [1.82, 2.24) is 4.90 Å². The smallest absolute Gasteiger partial charge is 0.265 e. The second kappa shape index (κ2) is 8.52. The molecule has 1 atom stereocenters. The van der Waals surface area contributed by atoms with Crippen LogP contribution in [0.3, 0.4) is 0 Å². The van der Waals surface area contributed by atoms with Crippen molar-refractivity contribution >= 4 is 17.5 Å². The standard InChI is InChI=1S/C21H24N2O3/c1-2-19(26-16-10-4-3-5-11-16)20(24)22-18-13-7-6-12-17(18)21(25)23-14-8-9-15-23/h3-7,10-13,19H,2,8-9,14-15H2,1H3,(H,22,24)/t19-/m1/s1. The third-order valence-electron chi connectivity index (χ3n) is 4.49. The number of anilines is 1. The zero-order valence-corrected chi connectivity index (χ0v) is 15.0. The number of carbonyl (C=O) groups excluding carboxylic acids is 2. The van der Waals surface area contributed by atoms with E-state index >= 15 is 0 Å². The highest BCUT2D eigenvalue weighted by Crippen LogP contribution is 2.21. The van der Waals surface area contributed by atoms with E-state index in [2.05, 4.69) is 5.32 Å². The van der Waals surface area contributed by atoms with Crippen LogP contribution in [0.25, 0.3) is 0 Å². The van der Waals surface area contributed by atoms with Crippen molar-refractivity contribution in [2.75, 3.05) is 18.4 Å². The van der Waals surface area contributed by atoms with Crippen LogP contribution in [0.1, 0.15) is 36.5 Å². The summed E-state index contributed by atoms with van der Waals surface area (Å²) in [4.78, 5) is 27.2. The zero-order valence-electron chi connectivity index (χ0n) is 15.0. The van der Waals surface area contributed by atoms with Gasteiger partial charge < -0.3 is 15.0 Å². The summed E-state index contributed by atoms with van der Waals surface area (Å²) >= 11 is 0. The molecule has 2 aromatic carbocycles. The number of hydrogen-bond acceptors (Lipinski definition) is 3. The number of carbonyl (C=O) groups is 2. The van der Waals surface area contributed by atoms with Crippen LogP contribution in [0.4, 0.5) is 5.69 Å². The number of nitrogens with one attached hydrogen (secondary N) is 1. The van der Waals surface area contributed by atoms with Gasteiger partial charge in [0, 0.05) is 13.1 Å². The first-order valence-electron chi connectivity index (χ1n) is 9.10. The van der Waals surface area contributed by atoms with E-state index in [0.29, 0.717) is 23.4 Å². The summed E-state index contributed by atoms with van der Waals surface area (Å²) in [5.74, 6) is 0.365. The molecule has 0 aliphatic carbocycles. The predicted octanol–water partition coefficient (Wildman–Crippen LogP) is 3.72. The van der Waals surface area contributed by atoms with Gasteiger partial charge in [-0.15, -0.1) is 0 Å². The molecular weight excluding hydrogens is 328 g/mol. The van der Waals surface area contributed by atoms with Gasteiger partial charge in [-0.25, -0.2) is 0 Å². The minimum atomic E-state index is -0.618. The van der Waals surface area contributed by atoms with Gasteiger partial charge in [-0.05, 0) is 43.5 Å². The van der Waals surface area contributed by atoms with Gasteiger partial charge >= 0.3 is 0 Å². The summed E-state index contributed by atoms with van der Waals surface area (Å²) in [7, 11) is 0. The second-order valence-electron chi connectivity index (χ2n) is 6.36. The molecular formula is C21H24N2O3. The molecule has 0 unspecified atom stereocenters. The Bertz CT molecular complexity index is 755.